The highest BCUT2D eigenvalue weighted by molar-refractivity contribution is 9.10. The number of carbonyl (C=O) groups excluding carboxylic acids is 1. The van der Waals surface area contributed by atoms with Crippen molar-refractivity contribution in [2.45, 2.75) is 6.92 Å². The van der Waals surface area contributed by atoms with Gasteiger partial charge in [0.2, 0.25) is 0 Å². The summed E-state index contributed by atoms with van der Waals surface area (Å²) < 4.78 is 5.07. The molecule has 0 spiro atoms. The van der Waals surface area contributed by atoms with Crippen LogP contribution in [-0.2, 0) is 9.53 Å². The number of hydrogen-bond acceptors (Lipinski definition) is 5. The van der Waals surface area contributed by atoms with Gasteiger partial charge < -0.3 is 10.5 Å². The Morgan fingerprint density at radius 1 is 1.62 bits per heavy atom. The van der Waals surface area contributed by atoms with E-state index in [0.29, 0.717) is 16.9 Å². The van der Waals surface area contributed by atoms with E-state index in [4.69, 9.17) is 22.1 Å². The number of halogens is 2. The number of rotatable bonds is 3. The molecule has 2 N–H and O–H groups in total. The number of esters is 1. The summed E-state index contributed by atoms with van der Waals surface area (Å²) >= 11 is 8.79. The molecule has 0 fully saturated rings. The van der Waals surface area contributed by atoms with Crippen molar-refractivity contribution in [2.75, 3.05) is 12.3 Å². The Bertz CT molecular complexity index is 437. The topological polar surface area (TPSA) is 78.1 Å². The second kappa shape index (κ2) is 5.81. The molecule has 0 aliphatic carbocycles. The van der Waals surface area contributed by atoms with Crippen molar-refractivity contribution in [1.29, 1.82) is 0 Å². The van der Waals surface area contributed by atoms with Crippen LogP contribution in [0.5, 0.6) is 0 Å². The van der Waals surface area contributed by atoms with E-state index in [1.54, 1.807) is 6.92 Å². The monoisotopic (exact) mass is 305 g/mol. The Morgan fingerprint density at radius 3 is 2.94 bits per heavy atom. The molecule has 1 aromatic rings. The van der Waals surface area contributed by atoms with Crippen LogP contribution in [0.2, 0.25) is 5.15 Å². The first-order valence-electron chi connectivity index (χ1n) is 4.38. The fourth-order valence-corrected chi connectivity index (χ4v) is 1.29. The quantitative estimate of drug-likeness (QED) is 0.683. The molecule has 1 aromatic heterocycles. The number of hydrogen-bond donors (Lipinski definition) is 1. The second-order valence-electron chi connectivity index (χ2n) is 2.66. The molecule has 16 heavy (non-hydrogen) atoms. The zero-order chi connectivity index (χ0) is 12.1. The van der Waals surface area contributed by atoms with Gasteiger partial charge >= 0.3 is 5.97 Å². The third-order valence-electron chi connectivity index (χ3n) is 1.53. The van der Waals surface area contributed by atoms with E-state index in [1.165, 1.54) is 12.2 Å². The first-order chi connectivity index (χ1) is 7.54. The average molecular weight is 307 g/mol. The zero-order valence-corrected chi connectivity index (χ0v) is 10.7. The van der Waals surface area contributed by atoms with Crippen molar-refractivity contribution in [3.05, 3.63) is 21.5 Å². The molecule has 0 aliphatic heterocycles. The number of anilines is 1. The lowest BCUT2D eigenvalue weighted by Gasteiger charge is -2.01. The third-order valence-corrected chi connectivity index (χ3v) is 2.58. The third kappa shape index (κ3) is 3.46. The van der Waals surface area contributed by atoms with Gasteiger partial charge in [0.15, 0.2) is 11.0 Å². The molecule has 0 unspecified atom stereocenters. The number of ether oxygens (including phenoxy) is 1. The summed E-state index contributed by atoms with van der Waals surface area (Å²) in [6.07, 6.45) is 2.64. The van der Waals surface area contributed by atoms with Gasteiger partial charge in [-0.15, -0.1) is 0 Å². The Morgan fingerprint density at radius 2 is 2.31 bits per heavy atom. The van der Waals surface area contributed by atoms with Gasteiger partial charge in [0, 0.05) is 6.08 Å². The summed E-state index contributed by atoms with van der Waals surface area (Å²) in [5, 5.41) is 0.172. The van der Waals surface area contributed by atoms with Crippen LogP contribution in [0.25, 0.3) is 6.08 Å². The van der Waals surface area contributed by atoms with Crippen molar-refractivity contribution in [2.24, 2.45) is 0 Å². The molecule has 0 saturated heterocycles. The lowest BCUT2D eigenvalue weighted by Crippen LogP contribution is -2.01. The van der Waals surface area contributed by atoms with Crippen LogP contribution in [0.4, 0.5) is 5.82 Å². The highest BCUT2D eigenvalue weighted by atomic mass is 79.9. The normalized spacial score (nSPS) is 10.7. The fraction of sp³-hybridized carbons (Fsp3) is 0.222. The molecule has 1 rings (SSSR count). The Kier molecular flexibility index (Phi) is 4.70. The van der Waals surface area contributed by atoms with E-state index < -0.39 is 5.97 Å². The maximum Gasteiger partial charge on any atom is 0.330 e. The number of nitrogen functional groups attached to an aromatic ring is 1. The molecular weight excluding hydrogens is 297 g/mol. The highest BCUT2D eigenvalue weighted by Gasteiger charge is 2.06. The molecule has 0 aliphatic rings. The summed E-state index contributed by atoms with van der Waals surface area (Å²) in [4.78, 5) is 18.9. The molecule has 0 bridgehead atoms. The van der Waals surface area contributed by atoms with Crippen molar-refractivity contribution in [3.63, 3.8) is 0 Å². The Labute approximate surface area is 106 Å². The largest absolute Gasteiger partial charge is 0.463 e. The summed E-state index contributed by atoms with van der Waals surface area (Å²) in [5.74, 6) is -0.316. The van der Waals surface area contributed by atoms with Crippen LogP contribution >= 0.6 is 27.5 Å². The fourth-order valence-electron chi connectivity index (χ4n) is 0.878. The van der Waals surface area contributed by atoms with Gasteiger partial charge in [0.1, 0.15) is 10.3 Å². The standard InChI is InChI=1S/C9H9BrClN3O2/c1-2-16-6(15)4-3-5-9(12)14-8(11)7(10)13-5/h3-4H,2H2,1H3,(H2,12,14)/b4-3+. The molecule has 1 heterocycles. The van der Waals surface area contributed by atoms with Gasteiger partial charge in [-0.3, -0.25) is 0 Å². The van der Waals surface area contributed by atoms with Crippen molar-refractivity contribution in [3.8, 4) is 0 Å². The van der Waals surface area contributed by atoms with Crippen LogP contribution in [0.3, 0.4) is 0 Å². The van der Waals surface area contributed by atoms with Gasteiger partial charge in [0.25, 0.3) is 0 Å². The van der Waals surface area contributed by atoms with E-state index in [0.717, 1.165) is 0 Å². The summed E-state index contributed by atoms with van der Waals surface area (Å²) in [5.41, 5.74) is 5.92. The molecule has 0 amide bonds. The van der Waals surface area contributed by atoms with Gasteiger partial charge in [-0.25, -0.2) is 14.8 Å². The van der Waals surface area contributed by atoms with E-state index in [2.05, 4.69) is 25.9 Å². The first kappa shape index (κ1) is 12.9. The minimum atomic E-state index is -0.463. The number of nitrogens with two attached hydrogens (primary N) is 1. The van der Waals surface area contributed by atoms with E-state index >= 15 is 0 Å². The molecular formula is C9H9BrClN3O2. The number of aromatic nitrogens is 2. The van der Waals surface area contributed by atoms with Crippen LogP contribution < -0.4 is 5.73 Å². The second-order valence-corrected chi connectivity index (χ2v) is 3.77. The first-order valence-corrected chi connectivity index (χ1v) is 5.55. The van der Waals surface area contributed by atoms with Gasteiger partial charge in [-0.1, -0.05) is 11.6 Å². The van der Waals surface area contributed by atoms with Gasteiger partial charge in [-0.05, 0) is 28.9 Å². The number of carbonyl (C=O) groups is 1. The number of nitrogens with zero attached hydrogens (tertiary/aromatic N) is 2. The lowest BCUT2D eigenvalue weighted by molar-refractivity contribution is -0.137. The molecule has 0 aromatic carbocycles. The summed E-state index contributed by atoms with van der Waals surface area (Å²) in [6, 6.07) is 0. The minimum Gasteiger partial charge on any atom is -0.463 e. The molecule has 0 saturated carbocycles. The smallest absolute Gasteiger partial charge is 0.330 e. The van der Waals surface area contributed by atoms with Crippen LogP contribution in [0.1, 0.15) is 12.6 Å². The highest BCUT2D eigenvalue weighted by Crippen LogP contribution is 2.21. The molecule has 0 atom stereocenters. The van der Waals surface area contributed by atoms with Gasteiger partial charge in [-0.2, -0.15) is 0 Å². The summed E-state index contributed by atoms with van der Waals surface area (Å²) in [7, 11) is 0. The maximum atomic E-state index is 11.0. The van der Waals surface area contributed by atoms with Gasteiger partial charge in [0.05, 0.1) is 6.61 Å². The van der Waals surface area contributed by atoms with E-state index in [-0.39, 0.29) is 11.0 Å². The molecule has 5 nitrogen and oxygen atoms in total. The van der Waals surface area contributed by atoms with Crippen molar-refractivity contribution in [1.82, 2.24) is 9.97 Å². The van der Waals surface area contributed by atoms with Crippen LogP contribution in [0.15, 0.2) is 10.7 Å². The average Bonchev–Trinajstić information content (AvgIpc) is 2.22. The predicted molar refractivity (Wildman–Crippen MR) is 64.8 cm³/mol. The van der Waals surface area contributed by atoms with Crippen molar-refractivity contribution >= 4 is 45.4 Å². The SMILES string of the molecule is CCOC(=O)/C=C/c1nc(Br)c(Cl)nc1N. The van der Waals surface area contributed by atoms with Crippen LogP contribution in [0, 0.1) is 0 Å². The van der Waals surface area contributed by atoms with E-state index in [1.807, 2.05) is 0 Å². The lowest BCUT2D eigenvalue weighted by atomic mass is 10.3. The van der Waals surface area contributed by atoms with E-state index in [9.17, 15) is 4.79 Å². The predicted octanol–water partition coefficient (Wildman–Crippen LogP) is 2.05. The molecule has 86 valence electrons. The van der Waals surface area contributed by atoms with Crippen LogP contribution in [-0.4, -0.2) is 22.5 Å². The van der Waals surface area contributed by atoms with Crippen molar-refractivity contribution < 1.29 is 9.53 Å². The molecule has 0 radical (unpaired) electrons. The molecule has 7 heteroatoms. The summed E-state index contributed by atoms with van der Waals surface area (Å²) in [6.45, 7) is 2.04. The Hall–Kier alpha value is -1.14. The minimum absolute atomic E-state index is 0.147. The Balaban J connectivity index is 2.89. The zero-order valence-electron chi connectivity index (χ0n) is 8.41. The maximum absolute atomic E-state index is 11.0.